The standard InChI is InChI=1S/C34H36F3N5O4S/c35-29-26(20-22-4-3-13-38-30(22)31(29)42-16-11-34(36,37)12-17-42)39-32(44)28-24-6-2-1-5-23(24)25(40-47(45,46)19-18-43)21-27(28)41-14-9-33(7-8-33)10-15-41/h1-6,13,20-21,40,43H,7-12,14-19H2,(H,39,44). The van der Waals surface area contributed by atoms with E-state index >= 15 is 4.39 Å². The Morgan fingerprint density at radius 3 is 2.26 bits per heavy atom. The maximum absolute atomic E-state index is 16.4. The Kier molecular flexibility index (Phi) is 7.94. The summed E-state index contributed by atoms with van der Waals surface area (Å²) < 4.78 is 72.6. The van der Waals surface area contributed by atoms with Crippen LogP contribution in [0, 0.1) is 11.2 Å². The second-order valence-electron chi connectivity index (χ2n) is 13.0. The molecule has 13 heteroatoms. The number of pyridine rings is 1. The van der Waals surface area contributed by atoms with E-state index in [1.165, 1.54) is 25.1 Å². The largest absolute Gasteiger partial charge is 0.395 e. The van der Waals surface area contributed by atoms with E-state index in [1.54, 1.807) is 47.4 Å². The summed E-state index contributed by atoms with van der Waals surface area (Å²) >= 11 is 0. The molecule has 9 nitrogen and oxygen atoms in total. The SMILES string of the molecule is O=C(Nc1cc2cccnc2c(N2CCC(F)(F)CC2)c1F)c1c(N2CCC3(CC2)CC3)cc(NS(=O)(=O)CCO)c2ccccc12. The van der Waals surface area contributed by atoms with Crippen molar-refractivity contribution in [2.24, 2.45) is 5.41 Å². The van der Waals surface area contributed by atoms with Gasteiger partial charge in [-0.25, -0.2) is 21.6 Å². The summed E-state index contributed by atoms with van der Waals surface area (Å²) in [6.07, 6.45) is 4.90. The van der Waals surface area contributed by atoms with Gasteiger partial charge < -0.3 is 20.2 Å². The van der Waals surface area contributed by atoms with Gasteiger partial charge in [0.1, 0.15) is 5.69 Å². The Morgan fingerprint density at radius 2 is 1.57 bits per heavy atom. The predicted molar refractivity (Wildman–Crippen MR) is 178 cm³/mol. The minimum atomic E-state index is -3.89. The number of halogens is 3. The molecule has 3 aromatic carbocycles. The molecule has 3 N–H and O–H groups in total. The number of alkyl halides is 2. The second kappa shape index (κ2) is 11.9. The number of nitrogens with zero attached hydrogens (tertiary/aromatic N) is 3. The number of nitrogens with one attached hydrogen (secondary N) is 2. The number of piperidine rings is 2. The lowest BCUT2D eigenvalue weighted by Gasteiger charge is -2.35. The summed E-state index contributed by atoms with van der Waals surface area (Å²) in [6.45, 7) is 0.656. The van der Waals surface area contributed by atoms with Gasteiger partial charge >= 0.3 is 0 Å². The first kappa shape index (κ1) is 31.5. The van der Waals surface area contributed by atoms with Crippen molar-refractivity contribution in [3.63, 3.8) is 0 Å². The molecule has 2 saturated heterocycles. The Balaban J connectivity index is 1.32. The number of hydrogen-bond acceptors (Lipinski definition) is 7. The van der Waals surface area contributed by atoms with Gasteiger partial charge in [0.2, 0.25) is 10.0 Å². The van der Waals surface area contributed by atoms with E-state index in [0.29, 0.717) is 45.9 Å². The highest BCUT2D eigenvalue weighted by molar-refractivity contribution is 7.92. The average molecular weight is 668 g/mol. The summed E-state index contributed by atoms with van der Waals surface area (Å²) in [5, 5.41) is 13.6. The van der Waals surface area contributed by atoms with Crippen LogP contribution in [-0.2, 0) is 10.0 Å². The minimum Gasteiger partial charge on any atom is -0.395 e. The maximum Gasteiger partial charge on any atom is 0.258 e. The molecule has 1 spiro atoms. The lowest BCUT2D eigenvalue weighted by Crippen LogP contribution is -2.40. The number of aliphatic hydroxyl groups excluding tert-OH is 1. The quantitative estimate of drug-likeness (QED) is 0.207. The van der Waals surface area contributed by atoms with Crippen molar-refractivity contribution in [2.45, 2.75) is 44.4 Å². The number of aliphatic hydroxyl groups is 1. The number of benzene rings is 3. The van der Waals surface area contributed by atoms with Crippen LogP contribution in [0.15, 0.2) is 54.7 Å². The lowest BCUT2D eigenvalue weighted by atomic mass is 9.92. The fourth-order valence-corrected chi connectivity index (χ4v) is 7.82. The molecule has 1 saturated carbocycles. The van der Waals surface area contributed by atoms with Crippen LogP contribution in [0.4, 0.5) is 35.9 Å². The first-order valence-electron chi connectivity index (χ1n) is 15.9. The molecule has 2 aliphatic heterocycles. The van der Waals surface area contributed by atoms with Gasteiger partial charge in [-0.1, -0.05) is 30.3 Å². The Labute approximate surface area is 270 Å². The molecular formula is C34H36F3N5O4S. The highest BCUT2D eigenvalue weighted by Crippen LogP contribution is 2.54. The first-order valence-corrected chi connectivity index (χ1v) is 17.6. The summed E-state index contributed by atoms with van der Waals surface area (Å²) in [6, 6.07) is 13.5. The average Bonchev–Trinajstić information content (AvgIpc) is 3.80. The molecule has 0 bridgehead atoms. The first-order chi connectivity index (χ1) is 22.5. The van der Waals surface area contributed by atoms with E-state index in [2.05, 4.69) is 19.9 Å². The van der Waals surface area contributed by atoms with E-state index in [-0.39, 0.29) is 35.7 Å². The van der Waals surface area contributed by atoms with Gasteiger partial charge in [-0.05, 0) is 54.7 Å². The van der Waals surface area contributed by atoms with Gasteiger partial charge in [-0.3, -0.25) is 14.5 Å². The normalized spacial score (nSPS) is 18.9. The molecule has 3 heterocycles. The number of fused-ring (bicyclic) bond motifs is 2. The molecule has 0 radical (unpaired) electrons. The number of sulfonamides is 1. The van der Waals surface area contributed by atoms with Gasteiger partial charge in [-0.15, -0.1) is 0 Å². The van der Waals surface area contributed by atoms with Crippen molar-refractivity contribution in [1.82, 2.24) is 4.98 Å². The zero-order valence-electron chi connectivity index (χ0n) is 25.7. The van der Waals surface area contributed by atoms with E-state index < -0.39 is 52.9 Å². The van der Waals surface area contributed by atoms with Gasteiger partial charge in [0.15, 0.2) is 5.82 Å². The fourth-order valence-electron chi connectivity index (χ4n) is 6.97. The molecule has 3 fully saturated rings. The number of carbonyl (C=O) groups excluding carboxylic acids is 1. The topological polar surface area (TPSA) is 115 Å². The molecule has 47 heavy (non-hydrogen) atoms. The molecule has 248 valence electrons. The van der Waals surface area contributed by atoms with E-state index in [1.807, 2.05) is 0 Å². The van der Waals surface area contributed by atoms with E-state index in [4.69, 9.17) is 0 Å². The summed E-state index contributed by atoms with van der Waals surface area (Å²) in [7, 11) is -3.89. The van der Waals surface area contributed by atoms with Gasteiger partial charge in [-0.2, -0.15) is 0 Å². The molecule has 1 aromatic heterocycles. The van der Waals surface area contributed by atoms with Crippen molar-refractivity contribution in [1.29, 1.82) is 0 Å². The van der Waals surface area contributed by atoms with Crippen LogP contribution >= 0.6 is 0 Å². The van der Waals surface area contributed by atoms with Crippen LogP contribution in [0.2, 0.25) is 0 Å². The minimum absolute atomic E-state index is 0.0636. The maximum atomic E-state index is 16.4. The Hall–Kier alpha value is -4.10. The van der Waals surface area contributed by atoms with Crippen LogP contribution in [-0.4, -0.2) is 68.9 Å². The molecule has 3 aliphatic rings. The van der Waals surface area contributed by atoms with E-state index in [9.17, 15) is 27.1 Å². The van der Waals surface area contributed by atoms with Gasteiger partial charge in [0.05, 0.1) is 40.5 Å². The number of aromatic nitrogens is 1. The number of rotatable bonds is 8. The molecular weight excluding hydrogens is 631 g/mol. The highest BCUT2D eigenvalue weighted by Gasteiger charge is 2.45. The molecule has 4 aromatic rings. The predicted octanol–water partition coefficient (Wildman–Crippen LogP) is 6.13. The van der Waals surface area contributed by atoms with Crippen molar-refractivity contribution >= 4 is 60.4 Å². The Bertz CT molecular complexity index is 1970. The fraction of sp³-hybridized carbons (Fsp3) is 0.412. The van der Waals surface area contributed by atoms with Crippen molar-refractivity contribution in [3.05, 3.63) is 66.1 Å². The van der Waals surface area contributed by atoms with E-state index in [0.717, 1.165) is 12.8 Å². The van der Waals surface area contributed by atoms with Crippen molar-refractivity contribution in [2.75, 3.05) is 58.4 Å². The third-order valence-electron chi connectivity index (χ3n) is 9.87. The summed E-state index contributed by atoms with van der Waals surface area (Å²) in [5.74, 6) is -4.67. The zero-order chi connectivity index (χ0) is 33.0. The van der Waals surface area contributed by atoms with Crippen molar-refractivity contribution < 1.29 is 31.5 Å². The van der Waals surface area contributed by atoms with Gasteiger partial charge in [0.25, 0.3) is 11.8 Å². The number of hydrogen-bond donors (Lipinski definition) is 3. The summed E-state index contributed by atoms with van der Waals surface area (Å²) in [5.41, 5.74) is 1.67. The van der Waals surface area contributed by atoms with Crippen LogP contribution in [0.25, 0.3) is 21.7 Å². The third-order valence-corrected chi connectivity index (χ3v) is 11.1. The molecule has 7 rings (SSSR count). The molecule has 1 aliphatic carbocycles. The van der Waals surface area contributed by atoms with Crippen molar-refractivity contribution in [3.8, 4) is 0 Å². The van der Waals surface area contributed by atoms with Crippen LogP contribution < -0.4 is 19.8 Å². The highest BCUT2D eigenvalue weighted by atomic mass is 32.2. The number of anilines is 4. The van der Waals surface area contributed by atoms with Crippen LogP contribution in [0.5, 0.6) is 0 Å². The van der Waals surface area contributed by atoms with Crippen LogP contribution in [0.3, 0.4) is 0 Å². The molecule has 0 unspecified atom stereocenters. The third kappa shape index (κ3) is 6.18. The van der Waals surface area contributed by atoms with Crippen LogP contribution in [0.1, 0.15) is 48.9 Å². The smallest absolute Gasteiger partial charge is 0.258 e. The monoisotopic (exact) mass is 667 g/mol. The second-order valence-corrected chi connectivity index (χ2v) is 14.8. The molecule has 0 atom stereocenters. The summed E-state index contributed by atoms with van der Waals surface area (Å²) in [4.78, 5) is 22.4. The van der Waals surface area contributed by atoms with Gasteiger partial charge in [0, 0.05) is 56.0 Å². The number of amides is 1. The lowest BCUT2D eigenvalue weighted by molar-refractivity contribution is -0.0221. The Morgan fingerprint density at radius 1 is 0.894 bits per heavy atom. The number of carbonyl (C=O) groups is 1. The zero-order valence-corrected chi connectivity index (χ0v) is 26.6. The molecule has 1 amide bonds.